The van der Waals surface area contributed by atoms with E-state index in [9.17, 15) is 9.59 Å². The summed E-state index contributed by atoms with van der Waals surface area (Å²) >= 11 is 1.58. The van der Waals surface area contributed by atoms with Gasteiger partial charge in [-0.25, -0.2) is 4.98 Å². The van der Waals surface area contributed by atoms with Crippen LogP contribution in [0.25, 0.3) is 0 Å². The molecular weight excluding hydrogens is 312 g/mol. The number of amides is 2. The van der Waals surface area contributed by atoms with Crippen LogP contribution in [0.2, 0.25) is 0 Å². The van der Waals surface area contributed by atoms with Gasteiger partial charge in [-0.15, -0.1) is 11.3 Å². The van der Waals surface area contributed by atoms with E-state index in [1.54, 1.807) is 22.2 Å². The van der Waals surface area contributed by atoms with Gasteiger partial charge in [0.15, 0.2) is 0 Å². The predicted molar refractivity (Wildman–Crippen MR) is 86.8 cm³/mol. The molecule has 2 amide bonds. The van der Waals surface area contributed by atoms with E-state index in [0.717, 1.165) is 16.3 Å². The number of aromatic nitrogens is 3. The highest BCUT2D eigenvalue weighted by molar-refractivity contribution is 7.09. The summed E-state index contributed by atoms with van der Waals surface area (Å²) in [5.41, 5.74) is 1.78. The number of rotatable bonds is 5. The van der Waals surface area contributed by atoms with E-state index in [0.29, 0.717) is 12.3 Å². The van der Waals surface area contributed by atoms with E-state index in [2.05, 4.69) is 23.9 Å². The van der Waals surface area contributed by atoms with Gasteiger partial charge < -0.3 is 0 Å². The molecule has 0 bridgehead atoms. The largest absolute Gasteiger partial charge is 0.276 e. The van der Waals surface area contributed by atoms with Crippen molar-refractivity contribution in [3.8, 4) is 0 Å². The van der Waals surface area contributed by atoms with Gasteiger partial charge in [-0.05, 0) is 12.0 Å². The quantitative estimate of drug-likeness (QED) is 0.787. The second-order valence-electron chi connectivity index (χ2n) is 6.28. The van der Waals surface area contributed by atoms with Crippen LogP contribution in [0, 0.1) is 5.92 Å². The van der Waals surface area contributed by atoms with Gasteiger partial charge >= 0.3 is 0 Å². The minimum Gasteiger partial charge on any atom is -0.276 e. The molecule has 122 valence electrons. The first-order chi connectivity index (χ1) is 10.9. The van der Waals surface area contributed by atoms with Gasteiger partial charge in [0.25, 0.3) is 0 Å². The Kier molecular flexibility index (Phi) is 4.30. The van der Waals surface area contributed by atoms with Gasteiger partial charge in [-0.1, -0.05) is 13.8 Å². The minimum atomic E-state index is -0.282. The molecule has 1 fully saturated rings. The monoisotopic (exact) mass is 332 g/mol. The Balaban J connectivity index is 1.68. The van der Waals surface area contributed by atoms with Crippen LogP contribution in [0.15, 0.2) is 17.8 Å². The second-order valence-corrected chi connectivity index (χ2v) is 7.17. The first kappa shape index (κ1) is 15.9. The Morgan fingerprint density at radius 3 is 2.78 bits per heavy atom. The Morgan fingerprint density at radius 2 is 2.17 bits per heavy atom. The molecule has 23 heavy (non-hydrogen) atoms. The van der Waals surface area contributed by atoms with Gasteiger partial charge in [0.1, 0.15) is 0 Å². The van der Waals surface area contributed by atoms with Crippen molar-refractivity contribution in [3.63, 3.8) is 0 Å². The fourth-order valence-corrected chi connectivity index (χ4v) is 3.59. The first-order valence-corrected chi connectivity index (χ1v) is 8.58. The molecule has 2 aromatic heterocycles. The van der Waals surface area contributed by atoms with Crippen molar-refractivity contribution in [2.75, 3.05) is 0 Å². The summed E-state index contributed by atoms with van der Waals surface area (Å²) in [6.45, 7) is 4.45. The van der Waals surface area contributed by atoms with E-state index in [1.165, 1.54) is 4.90 Å². The molecule has 7 heteroatoms. The van der Waals surface area contributed by atoms with Crippen LogP contribution in [0.5, 0.6) is 0 Å². The summed E-state index contributed by atoms with van der Waals surface area (Å²) in [4.78, 5) is 30.6. The van der Waals surface area contributed by atoms with Crippen molar-refractivity contribution >= 4 is 23.2 Å². The summed E-state index contributed by atoms with van der Waals surface area (Å²) in [7, 11) is 1.84. The standard InChI is InChI=1S/C16H20N4O2S/c1-10(2)15-18-13(9-23-15)8-20-14(21)5-12(16(20)22)4-11-6-17-19(3)7-11/h6-7,9-10,12H,4-5,8H2,1-3H3/t12-/m1/s1. The van der Waals surface area contributed by atoms with Gasteiger partial charge in [0.2, 0.25) is 11.8 Å². The molecule has 0 saturated carbocycles. The van der Waals surface area contributed by atoms with Crippen LogP contribution in [-0.4, -0.2) is 31.5 Å². The Bertz CT molecular complexity index is 734. The number of aryl methyl sites for hydroxylation is 1. The van der Waals surface area contributed by atoms with Crippen LogP contribution in [0.3, 0.4) is 0 Å². The average Bonchev–Trinajstić information content (AvgIpc) is 3.17. The lowest BCUT2D eigenvalue weighted by Gasteiger charge is -2.13. The lowest BCUT2D eigenvalue weighted by molar-refractivity contribution is -0.140. The van der Waals surface area contributed by atoms with Crippen molar-refractivity contribution in [3.05, 3.63) is 34.0 Å². The summed E-state index contributed by atoms with van der Waals surface area (Å²) < 4.78 is 1.71. The zero-order valence-corrected chi connectivity index (χ0v) is 14.3. The molecule has 0 aliphatic carbocycles. The maximum absolute atomic E-state index is 12.5. The highest BCUT2D eigenvalue weighted by Crippen LogP contribution is 2.26. The minimum absolute atomic E-state index is 0.0991. The van der Waals surface area contributed by atoms with E-state index in [4.69, 9.17) is 0 Å². The lowest BCUT2D eigenvalue weighted by Crippen LogP contribution is -2.30. The van der Waals surface area contributed by atoms with Gasteiger partial charge in [-0.3, -0.25) is 19.2 Å². The first-order valence-electron chi connectivity index (χ1n) is 7.70. The van der Waals surface area contributed by atoms with E-state index in [-0.39, 0.29) is 30.7 Å². The molecule has 0 spiro atoms. The number of thiazole rings is 1. The molecule has 0 N–H and O–H groups in total. The van der Waals surface area contributed by atoms with Crippen molar-refractivity contribution in [1.82, 2.24) is 19.7 Å². The highest BCUT2D eigenvalue weighted by atomic mass is 32.1. The van der Waals surface area contributed by atoms with Gasteiger partial charge in [0, 0.05) is 31.0 Å². The zero-order chi connectivity index (χ0) is 16.6. The van der Waals surface area contributed by atoms with Crippen molar-refractivity contribution in [2.45, 2.75) is 39.2 Å². The molecule has 6 nitrogen and oxygen atoms in total. The van der Waals surface area contributed by atoms with Gasteiger partial charge in [0.05, 0.1) is 29.4 Å². The van der Waals surface area contributed by atoms with Crippen LogP contribution in [-0.2, 0) is 29.6 Å². The Hall–Kier alpha value is -2.02. The maximum atomic E-state index is 12.5. The zero-order valence-electron chi connectivity index (χ0n) is 13.5. The topological polar surface area (TPSA) is 68.1 Å². The number of nitrogens with zero attached hydrogens (tertiary/aromatic N) is 4. The summed E-state index contributed by atoms with van der Waals surface area (Å²) in [5.74, 6) is -0.132. The molecule has 1 aliphatic heterocycles. The van der Waals surface area contributed by atoms with Crippen LogP contribution in [0.4, 0.5) is 0 Å². The third-order valence-corrected chi connectivity index (χ3v) is 5.16. The molecule has 0 aromatic carbocycles. The second kappa shape index (κ2) is 6.23. The molecule has 0 radical (unpaired) electrons. The number of carbonyl (C=O) groups is 2. The molecule has 3 heterocycles. The maximum Gasteiger partial charge on any atom is 0.233 e. The van der Waals surface area contributed by atoms with Crippen LogP contribution >= 0.6 is 11.3 Å². The van der Waals surface area contributed by atoms with Crippen molar-refractivity contribution in [1.29, 1.82) is 0 Å². The average molecular weight is 332 g/mol. The molecule has 0 unspecified atom stereocenters. The molecule has 1 aliphatic rings. The Labute approximate surface area is 139 Å². The van der Waals surface area contributed by atoms with E-state index < -0.39 is 0 Å². The fraction of sp³-hybridized carbons (Fsp3) is 0.500. The third-order valence-electron chi connectivity index (χ3n) is 3.96. The molecule has 3 rings (SSSR count). The molecule has 1 atom stereocenters. The highest BCUT2D eigenvalue weighted by Gasteiger charge is 2.38. The van der Waals surface area contributed by atoms with Crippen molar-refractivity contribution in [2.24, 2.45) is 13.0 Å². The molecular formula is C16H20N4O2S. The summed E-state index contributed by atoms with van der Waals surface area (Å²) in [6, 6.07) is 0. The van der Waals surface area contributed by atoms with Crippen LogP contribution in [0.1, 0.15) is 42.5 Å². The SMILES string of the molecule is CC(C)c1nc(CN2C(=O)C[C@@H](Cc3cnn(C)c3)C2=O)cs1. The number of likely N-dealkylation sites (tertiary alicyclic amines) is 1. The summed E-state index contributed by atoms with van der Waals surface area (Å²) in [6.07, 6.45) is 4.46. The molecule has 2 aromatic rings. The van der Waals surface area contributed by atoms with E-state index >= 15 is 0 Å². The lowest BCUT2D eigenvalue weighted by atomic mass is 10.0. The fourth-order valence-electron chi connectivity index (χ4n) is 2.76. The molecule has 1 saturated heterocycles. The smallest absolute Gasteiger partial charge is 0.233 e. The third kappa shape index (κ3) is 3.34. The predicted octanol–water partition coefficient (Wildman–Crippen LogP) is 2.12. The number of imide groups is 1. The van der Waals surface area contributed by atoms with Gasteiger partial charge in [-0.2, -0.15) is 5.10 Å². The number of hydrogen-bond acceptors (Lipinski definition) is 5. The number of hydrogen-bond donors (Lipinski definition) is 0. The van der Waals surface area contributed by atoms with Crippen molar-refractivity contribution < 1.29 is 9.59 Å². The normalized spacial score (nSPS) is 18.4. The summed E-state index contributed by atoms with van der Waals surface area (Å²) in [5, 5.41) is 7.08. The Morgan fingerprint density at radius 1 is 1.39 bits per heavy atom. The van der Waals surface area contributed by atoms with Crippen LogP contribution < -0.4 is 0 Å². The van der Waals surface area contributed by atoms with E-state index in [1.807, 2.05) is 18.6 Å². The number of carbonyl (C=O) groups excluding carboxylic acids is 2.